The number of carbonyl (C=O) groups is 4. The van der Waals surface area contributed by atoms with Crippen molar-refractivity contribution in [1.82, 2.24) is 10.6 Å². The van der Waals surface area contributed by atoms with Gasteiger partial charge in [-0.05, 0) is 37.1 Å². The number of halogens is 4. The molecular formula is C31H29F4N3O8. The lowest BCUT2D eigenvalue weighted by atomic mass is 9.67. The zero-order chi connectivity index (χ0) is 33.4. The summed E-state index contributed by atoms with van der Waals surface area (Å²) in [6.45, 7) is -1.60. The zero-order valence-corrected chi connectivity index (χ0v) is 24.0. The normalized spacial score (nSPS) is 14.6. The fraction of sp³-hybridized carbons (Fsp3) is 0.290. The van der Waals surface area contributed by atoms with Crippen molar-refractivity contribution in [2.75, 3.05) is 18.5 Å². The average molecular weight is 648 g/mol. The number of para-hydroxylation sites is 1. The van der Waals surface area contributed by atoms with Gasteiger partial charge in [0.15, 0.2) is 17.4 Å². The minimum Gasteiger partial charge on any atom is -0.485 e. The monoisotopic (exact) mass is 647 g/mol. The van der Waals surface area contributed by atoms with Crippen molar-refractivity contribution >= 4 is 29.4 Å². The Morgan fingerprint density at radius 2 is 1.52 bits per heavy atom. The summed E-state index contributed by atoms with van der Waals surface area (Å²) in [6.07, 6.45) is -2.34. The maximum absolute atomic E-state index is 13.9. The van der Waals surface area contributed by atoms with Gasteiger partial charge in [-0.25, -0.2) is 8.78 Å². The van der Waals surface area contributed by atoms with Gasteiger partial charge in [-0.15, -0.1) is 0 Å². The highest BCUT2D eigenvalue weighted by molar-refractivity contribution is 6.07. The number of aliphatic hydroxyl groups excluding tert-OH is 1. The van der Waals surface area contributed by atoms with Crippen molar-refractivity contribution in [1.29, 1.82) is 0 Å². The number of carbonyl (C=O) groups excluding carboxylic acids is 3. The lowest BCUT2D eigenvalue weighted by molar-refractivity contribution is -0.151. The summed E-state index contributed by atoms with van der Waals surface area (Å²) in [5.74, 6) is -11.7. The molecular weight excluding hydrogens is 618 g/mol. The quantitative estimate of drug-likeness (QED) is 0.101. The Balaban J connectivity index is 1.35. The van der Waals surface area contributed by atoms with E-state index in [0.717, 1.165) is 0 Å². The summed E-state index contributed by atoms with van der Waals surface area (Å²) in [6, 6.07) is 13.7. The van der Waals surface area contributed by atoms with E-state index in [1.54, 1.807) is 48.5 Å². The number of aliphatic hydroxyl groups is 1. The van der Waals surface area contributed by atoms with Gasteiger partial charge in [0.1, 0.15) is 29.6 Å². The molecule has 3 aromatic rings. The minimum atomic E-state index is -1.95. The van der Waals surface area contributed by atoms with E-state index in [2.05, 4.69) is 16.0 Å². The molecule has 11 nitrogen and oxygen atoms in total. The molecule has 1 aliphatic rings. The van der Waals surface area contributed by atoms with Crippen molar-refractivity contribution in [3.8, 4) is 17.2 Å². The first-order valence-electron chi connectivity index (χ1n) is 14.0. The van der Waals surface area contributed by atoms with Gasteiger partial charge in [-0.2, -0.15) is 8.78 Å². The van der Waals surface area contributed by atoms with E-state index < -0.39 is 89.8 Å². The van der Waals surface area contributed by atoms with Crippen LogP contribution in [0.4, 0.5) is 23.2 Å². The number of rotatable bonds is 14. The molecule has 46 heavy (non-hydrogen) atoms. The number of hydrogen-bond acceptors (Lipinski definition) is 7. The van der Waals surface area contributed by atoms with E-state index in [9.17, 15) is 47.0 Å². The summed E-state index contributed by atoms with van der Waals surface area (Å²) in [5, 5.41) is 27.0. The van der Waals surface area contributed by atoms with E-state index in [1.165, 1.54) is 0 Å². The largest absolute Gasteiger partial charge is 0.485 e. The van der Waals surface area contributed by atoms with Gasteiger partial charge in [-0.3, -0.25) is 19.2 Å². The van der Waals surface area contributed by atoms with E-state index >= 15 is 0 Å². The van der Waals surface area contributed by atoms with Gasteiger partial charge in [0, 0.05) is 17.8 Å². The van der Waals surface area contributed by atoms with Crippen LogP contribution < -0.4 is 25.4 Å². The Labute approximate surface area is 259 Å². The maximum atomic E-state index is 13.9. The first kappa shape index (κ1) is 33.7. The van der Waals surface area contributed by atoms with E-state index in [-0.39, 0.29) is 18.9 Å². The van der Waals surface area contributed by atoms with Crippen LogP contribution in [0.25, 0.3) is 0 Å². The summed E-state index contributed by atoms with van der Waals surface area (Å²) >= 11 is 0. The smallest absolute Gasteiger partial charge is 0.305 e. The van der Waals surface area contributed by atoms with Crippen molar-refractivity contribution in [3.63, 3.8) is 0 Å². The SMILES string of the molecule is O=C(O)CC(NC(=O)C1(C(=O)NCC(=O)Nc2cccc(Oc3ccccc3)c2)CCC1)C(O)COc1c(F)c(F)cc(F)c1F. The number of carboxylic acids is 1. The van der Waals surface area contributed by atoms with Crippen LogP contribution in [0.15, 0.2) is 60.7 Å². The molecule has 0 aromatic heterocycles. The van der Waals surface area contributed by atoms with E-state index in [0.29, 0.717) is 23.6 Å². The summed E-state index contributed by atoms with van der Waals surface area (Å²) in [4.78, 5) is 50.3. The second-order valence-electron chi connectivity index (χ2n) is 10.5. The number of nitrogens with one attached hydrogen (secondary N) is 3. The third-order valence-electron chi connectivity index (χ3n) is 7.23. The molecule has 3 aromatic carbocycles. The van der Waals surface area contributed by atoms with E-state index in [1.807, 2.05) is 6.07 Å². The molecule has 0 radical (unpaired) electrons. The lowest BCUT2D eigenvalue weighted by Gasteiger charge is -2.39. The van der Waals surface area contributed by atoms with Gasteiger partial charge in [0.2, 0.25) is 29.4 Å². The van der Waals surface area contributed by atoms with Crippen LogP contribution in [-0.2, 0) is 19.2 Å². The molecule has 15 heteroatoms. The first-order valence-corrected chi connectivity index (χ1v) is 14.0. The van der Waals surface area contributed by atoms with Gasteiger partial charge >= 0.3 is 5.97 Å². The van der Waals surface area contributed by atoms with E-state index in [4.69, 9.17) is 9.47 Å². The Hall–Kier alpha value is -5.18. The van der Waals surface area contributed by atoms with Crippen LogP contribution in [0.3, 0.4) is 0 Å². The molecule has 0 saturated heterocycles. The van der Waals surface area contributed by atoms with Crippen LogP contribution in [0, 0.1) is 28.7 Å². The highest BCUT2D eigenvalue weighted by atomic mass is 19.2. The second-order valence-corrected chi connectivity index (χ2v) is 10.5. The Kier molecular flexibility index (Phi) is 10.8. The molecule has 1 fully saturated rings. The molecule has 4 rings (SSSR count). The van der Waals surface area contributed by atoms with Gasteiger partial charge in [0.05, 0.1) is 19.0 Å². The molecule has 5 N–H and O–H groups in total. The Morgan fingerprint density at radius 1 is 0.870 bits per heavy atom. The molecule has 2 unspecified atom stereocenters. The zero-order valence-electron chi connectivity index (χ0n) is 24.0. The van der Waals surface area contributed by atoms with Crippen LogP contribution >= 0.6 is 0 Å². The third kappa shape index (κ3) is 8.10. The van der Waals surface area contributed by atoms with Crippen molar-refractivity contribution in [2.24, 2.45) is 5.41 Å². The second kappa shape index (κ2) is 14.7. The summed E-state index contributed by atoms with van der Waals surface area (Å²) < 4.78 is 65.3. The van der Waals surface area contributed by atoms with Crippen LogP contribution in [0.1, 0.15) is 25.7 Å². The maximum Gasteiger partial charge on any atom is 0.305 e. The highest BCUT2D eigenvalue weighted by Gasteiger charge is 2.51. The number of hydrogen-bond donors (Lipinski definition) is 5. The molecule has 0 aliphatic heterocycles. The number of benzene rings is 3. The number of carboxylic acid groups (broad SMARTS) is 1. The predicted molar refractivity (Wildman–Crippen MR) is 153 cm³/mol. The molecule has 0 heterocycles. The summed E-state index contributed by atoms with van der Waals surface area (Å²) in [5.41, 5.74) is -1.33. The Morgan fingerprint density at radius 3 is 2.13 bits per heavy atom. The first-order chi connectivity index (χ1) is 21.9. The molecule has 1 aliphatic carbocycles. The van der Waals surface area contributed by atoms with Gasteiger partial charge < -0.3 is 35.6 Å². The molecule has 244 valence electrons. The third-order valence-corrected chi connectivity index (χ3v) is 7.23. The van der Waals surface area contributed by atoms with Crippen molar-refractivity contribution in [2.45, 2.75) is 37.8 Å². The molecule has 0 spiro atoms. The fourth-order valence-corrected chi connectivity index (χ4v) is 4.63. The highest BCUT2D eigenvalue weighted by Crippen LogP contribution is 2.41. The van der Waals surface area contributed by atoms with Crippen LogP contribution in [-0.4, -0.2) is 59.2 Å². The van der Waals surface area contributed by atoms with Crippen LogP contribution in [0.5, 0.6) is 17.2 Å². The molecule has 2 atom stereocenters. The topological polar surface area (TPSA) is 163 Å². The minimum absolute atomic E-state index is 0.0382. The standard InChI is InChI=1S/C31H29F4N3O8/c32-20-13-21(33)27(35)28(26(20)34)45-16-23(39)22(14-25(41)42)38-30(44)31(10-5-11-31)29(43)36-15-24(40)37-17-6-4-9-19(12-17)46-18-7-2-1-3-8-18/h1-4,6-9,12-13,22-23,39H,5,10-11,14-16H2,(H,36,43)(H,37,40)(H,38,44)(H,41,42). The van der Waals surface area contributed by atoms with Crippen LogP contribution in [0.2, 0.25) is 0 Å². The predicted octanol–water partition coefficient (Wildman–Crippen LogP) is 3.66. The number of aliphatic carboxylic acids is 1. The molecule has 3 amide bonds. The fourth-order valence-electron chi connectivity index (χ4n) is 4.63. The number of ether oxygens (including phenoxy) is 2. The van der Waals surface area contributed by atoms with Gasteiger partial charge in [0.25, 0.3) is 0 Å². The van der Waals surface area contributed by atoms with Crippen molar-refractivity contribution < 1.29 is 56.4 Å². The average Bonchev–Trinajstić information content (AvgIpc) is 2.98. The van der Waals surface area contributed by atoms with Gasteiger partial charge in [-0.1, -0.05) is 30.7 Å². The molecule has 1 saturated carbocycles. The van der Waals surface area contributed by atoms with Crippen molar-refractivity contribution in [3.05, 3.63) is 83.9 Å². The summed E-state index contributed by atoms with van der Waals surface area (Å²) in [7, 11) is 0. The Bertz CT molecular complexity index is 1580. The number of anilines is 1. The molecule has 0 bridgehead atoms. The lowest BCUT2D eigenvalue weighted by Crippen LogP contribution is -2.59. The number of amides is 3.